The first-order valence-corrected chi connectivity index (χ1v) is 18.6. The summed E-state index contributed by atoms with van der Waals surface area (Å²) >= 11 is 0. The lowest BCUT2D eigenvalue weighted by Gasteiger charge is -2.46. The number of hydrogen-bond donors (Lipinski definition) is 2. The molecule has 1 saturated heterocycles. The lowest BCUT2D eigenvalue weighted by molar-refractivity contribution is -0.688. The number of methoxy groups -OCH3 is 4. The van der Waals surface area contributed by atoms with Crippen molar-refractivity contribution in [3.63, 3.8) is 0 Å². The third-order valence-electron chi connectivity index (χ3n) is 11.7. The summed E-state index contributed by atoms with van der Waals surface area (Å²) in [5, 5.41) is 2.39. The van der Waals surface area contributed by atoms with Crippen LogP contribution in [-0.4, -0.2) is 68.3 Å². The first-order valence-electron chi connectivity index (χ1n) is 18.6. The van der Waals surface area contributed by atoms with Crippen molar-refractivity contribution in [3.05, 3.63) is 76.6 Å². The van der Waals surface area contributed by atoms with E-state index in [-0.39, 0.29) is 11.9 Å². The topological polar surface area (TPSA) is 110 Å². The van der Waals surface area contributed by atoms with Gasteiger partial charge in [0.25, 0.3) is 0 Å². The van der Waals surface area contributed by atoms with Gasteiger partial charge in [0.05, 0.1) is 46.4 Å². The molecule has 10 nitrogen and oxygen atoms in total. The maximum Gasteiger partial charge on any atom is 0.309 e. The summed E-state index contributed by atoms with van der Waals surface area (Å²) < 4.78 is 23.3. The molecule has 3 aliphatic heterocycles. The van der Waals surface area contributed by atoms with Crippen molar-refractivity contribution >= 4 is 33.7 Å². The summed E-state index contributed by atoms with van der Waals surface area (Å²) in [5.74, 6) is 2.49. The normalized spacial score (nSPS) is 19.1. The average Bonchev–Trinajstić information content (AvgIpc) is 3.76. The van der Waals surface area contributed by atoms with Gasteiger partial charge in [-0.15, -0.1) is 0 Å². The summed E-state index contributed by atoms with van der Waals surface area (Å²) in [6.07, 6.45) is 8.01. The zero-order chi connectivity index (χ0) is 36.5. The molecule has 0 saturated carbocycles. The largest absolute Gasteiger partial charge is 0.496 e. The number of rotatable bonds is 8. The number of carbonyl (C=O) groups is 2. The number of carbonyl (C=O) groups excluding carboxylic acids is 2. The van der Waals surface area contributed by atoms with E-state index in [0.717, 1.165) is 96.6 Å². The minimum atomic E-state index is -0.209. The third-order valence-corrected chi connectivity index (χ3v) is 11.7. The standard InChI is InChI=1S/C21H28N2O3.C21H22N2O3/c2*1-4-13-12-23-9-8-15-20-16(6-5-7-18(20)25-2)22-21(15)17(23)10-14(13)11-19(24)26-3/h5-7,13-14,17,22H,4,8-12H2,1-3H3;5-7,10,12H,4,8-9,11H2,1-3H3/p+1/t13-,14-,17-;/m0./s1. The molecule has 8 rings (SSSR count). The summed E-state index contributed by atoms with van der Waals surface area (Å²) in [4.78, 5) is 33.6. The van der Waals surface area contributed by atoms with Gasteiger partial charge in [-0.2, -0.15) is 4.57 Å². The Kier molecular flexibility index (Phi) is 10.3. The molecular weight excluding hydrogens is 656 g/mol. The van der Waals surface area contributed by atoms with Gasteiger partial charge in [0.15, 0.2) is 12.7 Å². The average molecular weight is 708 g/mol. The van der Waals surface area contributed by atoms with Crippen molar-refractivity contribution in [2.75, 3.05) is 41.5 Å². The number of hydrogen-bond acceptors (Lipinski definition) is 7. The fraction of sp³-hybridized carbons (Fsp3) is 0.452. The van der Waals surface area contributed by atoms with Crippen LogP contribution in [0.4, 0.5) is 0 Å². The van der Waals surface area contributed by atoms with Gasteiger partial charge < -0.3 is 28.9 Å². The van der Waals surface area contributed by atoms with Gasteiger partial charge in [-0.05, 0) is 66.5 Å². The molecule has 52 heavy (non-hydrogen) atoms. The van der Waals surface area contributed by atoms with Crippen molar-refractivity contribution < 1.29 is 33.1 Å². The van der Waals surface area contributed by atoms with E-state index in [1.807, 2.05) is 24.3 Å². The number of nitrogens with one attached hydrogen (secondary N) is 2. The van der Waals surface area contributed by atoms with Gasteiger partial charge in [0, 0.05) is 65.1 Å². The molecule has 3 aliphatic rings. The molecule has 274 valence electrons. The minimum Gasteiger partial charge on any atom is -0.496 e. The van der Waals surface area contributed by atoms with Crippen LogP contribution in [0.15, 0.2) is 48.7 Å². The molecule has 0 radical (unpaired) electrons. The van der Waals surface area contributed by atoms with E-state index >= 15 is 0 Å². The fourth-order valence-corrected chi connectivity index (χ4v) is 8.98. The monoisotopic (exact) mass is 707 g/mol. The number of piperidine rings is 1. The first-order chi connectivity index (χ1) is 25.3. The minimum absolute atomic E-state index is 0.0868. The molecule has 10 heteroatoms. The zero-order valence-corrected chi connectivity index (χ0v) is 31.3. The van der Waals surface area contributed by atoms with Crippen LogP contribution in [0, 0.1) is 11.8 Å². The lowest BCUT2D eigenvalue weighted by atomic mass is 9.76. The molecule has 0 amide bonds. The number of aromatic nitrogens is 3. The van der Waals surface area contributed by atoms with E-state index < -0.39 is 0 Å². The Balaban J connectivity index is 0.000000162. The predicted octanol–water partition coefficient (Wildman–Crippen LogP) is 6.65. The van der Waals surface area contributed by atoms with Crippen LogP contribution in [0.5, 0.6) is 11.5 Å². The van der Waals surface area contributed by atoms with E-state index in [9.17, 15) is 9.59 Å². The number of pyridine rings is 1. The quantitative estimate of drug-likeness (QED) is 0.137. The molecule has 0 unspecified atom stereocenters. The Morgan fingerprint density at radius 3 is 2.19 bits per heavy atom. The maximum absolute atomic E-state index is 11.9. The van der Waals surface area contributed by atoms with Gasteiger partial charge in [0.1, 0.15) is 17.2 Å². The van der Waals surface area contributed by atoms with E-state index in [0.29, 0.717) is 30.7 Å². The smallest absolute Gasteiger partial charge is 0.309 e. The van der Waals surface area contributed by atoms with Crippen LogP contribution in [-0.2, 0) is 51.3 Å². The Morgan fingerprint density at radius 2 is 1.54 bits per heavy atom. The number of aromatic amines is 2. The molecule has 3 aromatic heterocycles. The molecule has 2 N–H and O–H groups in total. The molecule has 0 bridgehead atoms. The molecule has 1 fully saturated rings. The Labute approximate surface area is 305 Å². The van der Waals surface area contributed by atoms with Gasteiger partial charge in [-0.3, -0.25) is 14.5 Å². The predicted molar refractivity (Wildman–Crippen MR) is 201 cm³/mol. The molecular formula is C42H51N4O6+. The van der Waals surface area contributed by atoms with Crippen molar-refractivity contribution in [1.82, 2.24) is 14.9 Å². The number of aryl methyl sites for hydroxylation is 3. The molecule has 6 heterocycles. The van der Waals surface area contributed by atoms with E-state index in [1.165, 1.54) is 42.0 Å². The van der Waals surface area contributed by atoms with Crippen LogP contribution in [0.2, 0.25) is 0 Å². The third kappa shape index (κ3) is 6.42. The van der Waals surface area contributed by atoms with Crippen molar-refractivity contribution in [2.24, 2.45) is 11.8 Å². The molecule has 5 aromatic rings. The van der Waals surface area contributed by atoms with E-state index in [1.54, 1.807) is 14.2 Å². The second-order valence-corrected chi connectivity index (χ2v) is 14.2. The maximum atomic E-state index is 11.9. The summed E-state index contributed by atoms with van der Waals surface area (Å²) in [7, 11) is 6.37. The highest BCUT2D eigenvalue weighted by Crippen LogP contribution is 2.46. The number of ether oxygens (including phenoxy) is 4. The Morgan fingerprint density at radius 1 is 0.846 bits per heavy atom. The summed E-state index contributed by atoms with van der Waals surface area (Å²) in [6, 6.07) is 14.8. The first kappa shape index (κ1) is 35.6. The van der Waals surface area contributed by atoms with Gasteiger partial charge in [0.2, 0.25) is 5.69 Å². The fourth-order valence-electron chi connectivity index (χ4n) is 8.98. The van der Waals surface area contributed by atoms with Gasteiger partial charge in [-0.25, -0.2) is 0 Å². The second-order valence-electron chi connectivity index (χ2n) is 14.2. The number of nitrogens with zero attached hydrogens (tertiary/aromatic N) is 2. The molecule has 2 aromatic carbocycles. The number of esters is 2. The summed E-state index contributed by atoms with van der Waals surface area (Å²) in [6.45, 7) is 7.40. The highest BCUT2D eigenvalue weighted by Gasteiger charge is 2.40. The summed E-state index contributed by atoms with van der Waals surface area (Å²) in [5.41, 5.74) is 10.7. The molecule has 3 atom stereocenters. The van der Waals surface area contributed by atoms with Crippen LogP contribution in [0.3, 0.4) is 0 Å². The van der Waals surface area contributed by atoms with Crippen molar-refractivity contribution in [3.8, 4) is 22.9 Å². The van der Waals surface area contributed by atoms with Crippen molar-refractivity contribution in [2.45, 2.75) is 71.4 Å². The number of benzene rings is 2. The number of H-pyrrole nitrogens is 2. The molecule has 0 aliphatic carbocycles. The van der Waals surface area contributed by atoms with Crippen LogP contribution >= 0.6 is 0 Å². The Hall–Kier alpha value is -4.83. The van der Waals surface area contributed by atoms with Crippen molar-refractivity contribution in [1.29, 1.82) is 0 Å². The zero-order valence-electron chi connectivity index (χ0n) is 31.3. The van der Waals surface area contributed by atoms with E-state index in [2.05, 4.69) is 57.7 Å². The highest BCUT2D eigenvalue weighted by atomic mass is 16.5. The van der Waals surface area contributed by atoms with Gasteiger partial charge >= 0.3 is 11.9 Å². The Bertz CT molecular complexity index is 2110. The second kappa shape index (κ2) is 15.0. The SMILES string of the molecule is CC[C@H]1CN2CCc3c([nH]c4cccc(OC)c34)[C@@H]2C[C@H]1CC(=O)OC.CCc1c[n+]2c(cc1CC(=O)OC)-c1[nH]c3cccc(OC)c3c1CC2. The highest BCUT2D eigenvalue weighted by molar-refractivity contribution is 5.95. The van der Waals surface area contributed by atoms with Crippen LogP contribution in [0.25, 0.3) is 33.2 Å². The van der Waals surface area contributed by atoms with Gasteiger partial charge in [-0.1, -0.05) is 32.4 Å². The van der Waals surface area contributed by atoms with Crippen LogP contribution < -0.4 is 14.0 Å². The molecule has 0 spiro atoms. The van der Waals surface area contributed by atoms with E-state index in [4.69, 9.17) is 18.9 Å². The van der Waals surface area contributed by atoms with Crippen LogP contribution in [0.1, 0.15) is 67.1 Å². The lowest BCUT2D eigenvalue weighted by Crippen LogP contribution is -2.46. The number of fused-ring (bicyclic) bond motifs is 10.